The highest BCUT2D eigenvalue weighted by molar-refractivity contribution is 6.08. The number of benzene rings is 3. The summed E-state index contributed by atoms with van der Waals surface area (Å²) >= 11 is 0. The Hall–Kier alpha value is -3.40. The fourth-order valence-electron chi connectivity index (χ4n) is 3.19. The van der Waals surface area contributed by atoms with Crippen molar-refractivity contribution in [3.63, 3.8) is 0 Å². The predicted octanol–water partition coefficient (Wildman–Crippen LogP) is 4.14. The van der Waals surface area contributed by atoms with Gasteiger partial charge in [0.25, 0.3) is 11.8 Å². The summed E-state index contributed by atoms with van der Waals surface area (Å²) in [6.07, 6.45) is 0.882. The van der Waals surface area contributed by atoms with E-state index < -0.39 is 0 Å². The van der Waals surface area contributed by atoms with E-state index >= 15 is 0 Å². The van der Waals surface area contributed by atoms with Crippen molar-refractivity contribution in [1.29, 1.82) is 0 Å². The molecule has 1 aliphatic heterocycles. The van der Waals surface area contributed by atoms with Gasteiger partial charge in [-0.05, 0) is 54.4 Å². The summed E-state index contributed by atoms with van der Waals surface area (Å²) in [5.41, 5.74) is 4.06. The van der Waals surface area contributed by atoms with Gasteiger partial charge in [0.15, 0.2) is 0 Å². The molecule has 128 valence electrons. The molecule has 26 heavy (non-hydrogen) atoms. The Labute approximate surface area is 152 Å². The third-order valence-electron chi connectivity index (χ3n) is 4.56. The van der Waals surface area contributed by atoms with Crippen LogP contribution in [0.3, 0.4) is 0 Å². The van der Waals surface area contributed by atoms with E-state index in [1.54, 1.807) is 36.4 Å². The van der Waals surface area contributed by atoms with Crippen LogP contribution in [0.4, 0.5) is 11.4 Å². The van der Waals surface area contributed by atoms with Crippen LogP contribution in [0, 0.1) is 0 Å². The number of carbonyl (C=O) groups excluding carboxylic acids is 2. The van der Waals surface area contributed by atoms with Crippen molar-refractivity contribution in [1.82, 2.24) is 0 Å². The van der Waals surface area contributed by atoms with E-state index in [1.807, 2.05) is 41.3 Å². The zero-order chi connectivity index (χ0) is 17.9. The maximum atomic E-state index is 12.8. The van der Waals surface area contributed by atoms with Gasteiger partial charge in [-0.3, -0.25) is 9.59 Å². The summed E-state index contributed by atoms with van der Waals surface area (Å²) in [6.45, 7) is 0.699. The molecule has 0 unspecified atom stereocenters. The van der Waals surface area contributed by atoms with Crippen LogP contribution in [-0.2, 0) is 6.42 Å². The average molecular weight is 342 g/mol. The fourth-order valence-corrected chi connectivity index (χ4v) is 3.19. The van der Waals surface area contributed by atoms with Crippen LogP contribution >= 0.6 is 0 Å². The number of hydrogen-bond donors (Lipinski definition) is 1. The van der Waals surface area contributed by atoms with Crippen molar-refractivity contribution in [2.24, 2.45) is 0 Å². The Morgan fingerprint density at radius 3 is 2.23 bits per heavy atom. The van der Waals surface area contributed by atoms with Gasteiger partial charge in [0, 0.05) is 29.0 Å². The van der Waals surface area contributed by atoms with E-state index in [4.69, 9.17) is 0 Å². The summed E-state index contributed by atoms with van der Waals surface area (Å²) in [5, 5.41) is 2.85. The lowest BCUT2D eigenvalue weighted by molar-refractivity contribution is 0.0988. The first-order valence-corrected chi connectivity index (χ1v) is 8.58. The molecule has 0 fully saturated rings. The molecule has 0 saturated heterocycles. The molecule has 1 heterocycles. The van der Waals surface area contributed by atoms with Crippen LogP contribution in [-0.4, -0.2) is 18.4 Å². The molecule has 0 bridgehead atoms. The Kier molecular flexibility index (Phi) is 4.23. The quantitative estimate of drug-likeness (QED) is 0.778. The highest BCUT2D eigenvalue weighted by Crippen LogP contribution is 2.29. The molecular formula is C22H18N2O2. The molecule has 0 aromatic heterocycles. The summed E-state index contributed by atoms with van der Waals surface area (Å²) in [5.74, 6) is -0.186. The van der Waals surface area contributed by atoms with E-state index in [2.05, 4.69) is 11.4 Å². The first-order chi connectivity index (χ1) is 12.7. The van der Waals surface area contributed by atoms with Gasteiger partial charge < -0.3 is 10.2 Å². The lowest BCUT2D eigenvalue weighted by Gasteiger charge is -2.17. The van der Waals surface area contributed by atoms with E-state index in [1.165, 1.54) is 5.56 Å². The van der Waals surface area contributed by atoms with E-state index in [0.717, 1.165) is 12.1 Å². The second-order valence-electron chi connectivity index (χ2n) is 6.23. The standard InChI is InChI=1S/C22H18N2O2/c25-21(17-7-2-1-3-8-17)23-19-12-10-18(11-13-19)22(26)24-15-14-16-6-4-5-9-20(16)24/h1-13H,14-15H2,(H,23,25). The van der Waals surface area contributed by atoms with Gasteiger partial charge in [0.05, 0.1) is 0 Å². The molecule has 4 heteroatoms. The number of carbonyl (C=O) groups is 2. The SMILES string of the molecule is O=C(Nc1ccc(C(=O)N2CCc3ccccc32)cc1)c1ccccc1. The number of nitrogens with zero attached hydrogens (tertiary/aromatic N) is 1. The molecule has 1 aliphatic rings. The number of amides is 2. The Morgan fingerprint density at radius 2 is 1.46 bits per heavy atom. The number of rotatable bonds is 3. The summed E-state index contributed by atoms with van der Waals surface area (Å²) in [4.78, 5) is 26.8. The third-order valence-corrected chi connectivity index (χ3v) is 4.56. The molecule has 0 spiro atoms. The minimum absolute atomic E-state index is 0.0177. The number of para-hydroxylation sites is 1. The molecule has 3 aromatic rings. The molecule has 3 aromatic carbocycles. The number of anilines is 2. The van der Waals surface area contributed by atoms with Crippen LogP contribution in [0.1, 0.15) is 26.3 Å². The Morgan fingerprint density at radius 1 is 0.769 bits per heavy atom. The molecular weight excluding hydrogens is 324 g/mol. The summed E-state index contributed by atoms with van der Waals surface area (Å²) in [7, 11) is 0. The van der Waals surface area contributed by atoms with Crippen LogP contribution in [0.5, 0.6) is 0 Å². The smallest absolute Gasteiger partial charge is 0.258 e. The molecule has 2 amide bonds. The zero-order valence-electron chi connectivity index (χ0n) is 14.2. The molecule has 4 rings (SSSR count). The number of hydrogen-bond acceptors (Lipinski definition) is 2. The van der Waals surface area contributed by atoms with Gasteiger partial charge in [0.1, 0.15) is 0 Å². The third kappa shape index (κ3) is 3.09. The van der Waals surface area contributed by atoms with Gasteiger partial charge in [-0.2, -0.15) is 0 Å². The van der Waals surface area contributed by atoms with Crippen molar-refractivity contribution < 1.29 is 9.59 Å². The van der Waals surface area contributed by atoms with Crippen molar-refractivity contribution in [2.45, 2.75) is 6.42 Å². The molecule has 0 saturated carbocycles. The normalized spacial score (nSPS) is 12.5. The topological polar surface area (TPSA) is 49.4 Å². The van der Waals surface area contributed by atoms with Gasteiger partial charge >= 0.3 is 0 Å². The van der Waals surface area contributed by atoms with E-state index in [9.17, 15) is 9.59 Å². The number of nitrogens with one attached hydrogen (secondary N) is 1. The highest BCUT2D eigenvalue weighted by atomic mass is 16.2. The summed E-state index contributed by atoms with van der Waals surface area (Å²) < 4.78 is 0. The molecule has 0 aliphatic carbocycles. The van der Waals surface area contributed by atoms with Crippen molar-refractivity contribution in [3.8, 4) is 0 Å². The van der Waals surface area contributed by atoms with Crippen molar-refractivity contribution in [2.75, 3.05) is 16.8 Å². The van der Waals surface area contributed by atoms with Crippen LogP contribution in [0.2, 0.25) is 0 Å². The molecule has 0 atom stereocenters. The minimum atomic E-state index is -0.168. The fraction of sp³-hybridized carbons (Fsp3) is 0.0909. The largest absolute Gasteiger partial charge is 0.322 e. The molecule has 4 nitrogen and oxygen atoms in total. The maximum Gasteiger partial charge on any atom is 0.258 e. The van der Waals surface area contributed by atoms with Crippen LogP contribution < -0.4 is 10.2 Å². The lowest BCUT2D eigenvalue weighted by Crippen LogP contribution is -2.28. The lowest BCUT2D eigenvalue weighted by atomic mass is 10.1. The predicted molar refractivity (Wildman–Crippen MR) is 103 cm³/mol. The van der Waals surface area contributed by atoms with Gasteiger partial charge in [0.2, 0.25) is 0 Å². The second kappa shape index (κ2) is 6.84. The number of fused-ring (bicyclic) bond motifs is 1. The van der Waals surface area contributed by atoms with Gasteiger partial charge in [-0.15, -0.1) is 0 Å². The highest BCUT2D eigenvalue weighted by Gasteiger charge is 2.24. The first kappa shape index (κ1) is 16.1. The monoisotopic (exact) mass is 342 g/mol. The Balaban J connectivity index is 1.48. The van der Waals surface area contributed by atoms with Crippen molar-refractivity contribution >= 4 is 23.2 Å². The minimum Gasteiger partial charge on any atom is -0.322 e. The molecule has 1 N–H and O–H groups in total. The van der Waals surface area contributed by atoms with Gasteiger partial charge in [-0.25, -0.2) is 0 Å². The van der Waals surface area contributed by atoms with Gasteiger partial charge in [-0.1, -0.05) is 36.4 Å². The van der Waals surface area contributed by atoms with Crippen LogP contribution in [0.15, 0.2) is 78.9 Å². The summed E-state index contributed by atoms with van der Waals surface area (Å²) in [6, 6.07) is 24.1. The molecule has 0 radical (unpaired) electrons. The maximum absolute atomic E-state index is 12.8. The van der Waals surface area contributed by atoms with Crippen molar-refractivity contribution in [3.05, 3.63) is 95.6 Å². The zero-order valence-corrected chi connectivity index (χ0v) is 14.2. The van der Waals surface area contributed by atoms with E-state index in [0.29, 0.717) is 23.4 Å². The van der Waals surface area contributed by atoms with E-state index in [-0.39, 0.29) is 11.8 Å². The Bertz CT molecular complexity index is 949. The second-order valence-corrected chi connectivity index (χ2v) is 6.23. The first-order valence-electron chi connectivity index (χ1n) is 8.58. The average Bonchev–Trinajstić information content (AvgIpc) is 3.13. The van der Waals surface area contributed by atoms with Crippen LogP contribution in [0.25, 0.3) is 0 Å².